The van der Waals surface area contributed by atoms with Gasteiger partial charge < -0.3 is 15.8 Å². The second-order valence-corrected chi connectivity index (χ2v) is 5.14. The zero-order chi connectivity index (χ0) is 16.7. The summed E-state index contributed by atoms with van der Waals surface area (Å²) in [6.45, 7) is 3.37. The Morgan fingerprint density at radius 3 is 2.74 bits per heavy atom. The first-order chi connectivity index (χ1) is 11.1. The third kappa shape index (κ3) is 4.66. The van der Waals surface area contributed by atoms with Gasteiger partial charge in [0.1, 0.15) is 13.2 Å². The summed E-state index contributed by atoms with van der Waals surface area (Å²) in [6.07, 6.45) is 1.86. The maximum absolute atomic E-state index is 12.0. The Balaban J connectivity index is 1.95. The second kappa shape index (κ2) is 8.10. The highest BCUT2D eigenvalue weighted by Crippen LogP contribution is 2.19. The van der Waals surface area contributed by atoms with Gasteiger partial charge in [-0.05, 0) is 22.8 Å². The molecule has 0 saturated heterocycles. The smallest absolute Gasteiger partial charge is 0.325 e. The van der Waals surface area contributed by atoms with Crippen molar-refractivity contribution in [1.29, 1.82) is 0 Å². The van der Waals surface area contributed by atoms with Crippen molar-refractivity contribution in [3.8, 4) is 0 Å². The number of esters is 1. The van der Waals surface area contributed by atoms with E-state index >= 15 is 0 Å². The summed E-state index contributed by atoms with van der Waals surface area (Å²) in [5, 5.41) is 4.66. The van der Waals surface area contributed by atoms with E-state index in [-0.39, 0.29) is 19.1 Å². The summed E-state index contributed by atoms with van der Waals surface area (Å²) in [4.78, 5) is 23.3. The van der Waals surface area contributed by atoms with E-state index in [0.29, 0.717) is 6.42 Å². The molecule has 0 fully saturated rings. The fraction of sp³-hybridized carbons (Fsp3) is 0.222. The molecule has 0 unspecified atom stereocenters. The zero-order valence-electron chi connectivity index (χ0n) is 12.8. The lowest BCUT2D eigenvalue weighted by atomic mass is 9.99. The van der Waals surface area contributed by atoms with Crippen LogP contribution in [0, 0.1) is 0 Å². The number of hydrogen-bond donors (Lipinski definition) is 2. The van der Waals surface area contributed by atoms with Gasteiger partial charge in [0.05, 0.1) is 6.04 Å². The number of fused-ring (bicyclic) bond motifs is 1. The molecule has 1 atom stereocenters. The number of benzene rings is 2. The van der Waals surface area contributed by atoms with Crippen molar-refractivity contribution in [2.24, 2.45) is 5.73 Å². The predicted octanol–water partition coefficient (Wildman–Crippen LogP) is 1.56. The van der Waals surface area contributed by atoms with Gasteiger partial charge in [0.15, 0.2) is 0 Å². The molecule has 5 nitrogen and oxygen atoms in total. The number of carbonyl (C=O) groups is 2. The molecule has 0 saturated carbocycles. The van der Waals surface area contributed by atoms with Crippen molar-refractivity contribution in [3.63, 3.8) is 0 Å². The molecule has 0 bridgehead atoms. The lowest BCUT2D eigenvalue weighted by molar-refractivity contribution is -0.142. The molecule has 0 aliphatic carbocycles. The standard InChI is InChI=1S/C18H20N2O3/c1-2-10-23-17(21)12-20-18(22)16(19)11-14-8-5-7-13-6-3-4-9-15(13)14/h2-9,16H,1,10-12,19H2,(H,20,22)/t16-/m0/s1. The molecule has 2 aromatic rings. The van der Waals surface area contributed by atoms with Crippen LogP contribution in [0.15, 0.2) is 55.1 Å². The van der Waals surface area contributed by atoms with Gasteiger partial charge in [-0.15, -0.1) is 0 Å². The van der Waals surface area contributed by atoms with Crippen LogP contribution < -0.4 is 11.1 Å². The average Bonchev–Trinajstić information content (AvgIpc) is 2.58. The van der Waals surface area contributed by atoms with Gasteiger partial charge in [0.2, 0.25) is 5.91 Å². The number of nitrogens with two attached hydrogens (primary N) is 1. The number of amides is 1. The zero-order valence-corrected chi connectivity index (χ0v) is 12.8. The number of rotatable bonds is 7. The van der Waals surface area contributed by atoms with Crippen molar-refractivity contribution in [2.75, 3.05) is 13.2 Å². The summed E-state index contributed by atoms with van der Waals surface area (Å²) >= 11 is 0. The van der Waals surface area contributed by atoms with E-state index in [1.165, 1.54) is 6.08 Å². The van der Waals surface area contributed by atoms with Crippen LogP contribution >= 0.6 is 0 Å². The Kier molecular flexibility index (Phi) is 5.88. The largest absolute Gasteiger partial charge is 0.460 e. The Bertz CT molecular complexity index is 707. The van der Waals surface area contributed by atoms with Gasteiger partial charge in [0.25, 0.3) is 0 Å². The lowest BCUT2D eigenvalue weighted by Gasteiger charge is -2.13. The molecule has 120 valence electrons. The molecule has 23 heavy (non-hydrogen) atoms. The van der Waals surface area contributed by atoms with Gasteiger partial charge in [-0.1, -0.05) is 55.1 Å². The number of hydrogen-bond acceptors (Lipinski definition) is 4. The molecule has 0 heterocycles. The van der Waals surface area contributed by atoms with E-state index in [4.69, 9.17) is 10.5 Å². The average molecular weight is 312 g/mol. The van der Waals surface area contributed by atoms with Crippen molar-refractivity contribution in [1.82, 2.24) is 5.32 Å². The molecular weight excluding hydrogens is 292 g/mol. The van der Waals surface area contributed by atoms with Gasteiger partial charge in [0, 0.05) is 0 Å². The van der Waals surface area contributed by atoms with Crippen LogP contribution in [0.4, 0.5) is 0 Å². The normalized spacial score (nSPS) is 11.7. The first kappa shape index (κ1) is 16.7. The quantitative estimate of drug-likeness (QED) is 0.600. The lowest BCUT2D eigenvalue weighted by Crippen LogP contribution is -2.44. The Labute approximate surface area is 135 Å². The SMILES string of the molecule is C=CCOC(=O)CNC(=O)[C@@H](N)Cc1cccc2ccccc12. The highest BCUT2D eigenvalue weighted by atomic mass is 16.5. The fourth-order valence-electron chi connectivity index (χ4n) is 2.29. The molecule has 5 heteroatoms. The van der Waals surface area contributed by atoms with Gasteiger partial charge in [-0.25, -0.2) is 0 Å². The fourth-order valence-corrected chi connectivity index (χ4v) is 2.29. The van der Waals surface area contributed by atoms with Crippen LogP contribution in [0.1, 0.15) is 5.56 Å². The highest BCUT2D eigenvalue weighted by Gasteiger charge is 2.16. The Morgan fingerprint density at radius 1 is 1.22 bits per heavy atom. The van der Waals surface area contributed by atoms with Crippen LogP contribution in [-0.4, -0.2) is 31.1 Å². The number of carbonyl (C=O) groups excluding carboxylic acids is 2. The molecule has 0 radical (unpaired) electrons. The monoisotopic (exact) mass is 312 g/mol. The maximum atomic E-state index is 12.0. The van der Waals surface area contributed by atoms with Crippen molar-refractivity contribution in [2.45, 2.75) is 12.5 Å². The summed E-state index contributed by atoms with van der Waals surface area (Å²) in [7, 11) is 0. The third-order valence-corrected chi connectivity index (χ3v) is 3.43. The topological polar surface area (TPSA) is 81.4 Å². The Morgan fingerprint density at radius 2 is 1.96 bits per heavy atom. The van der Waals surface area contributed by atoms with E-state index in [9.17, 15) is 9.59 Å². The minimum absolute atomic E-state index is 0.122. The van der Waals surface area contributed by atoms with E-state index in [2.05, 4.69) is 11.9 Å². The van der Waals surface area contributed by atoms with Crippen molar-refractivity contribution in [3.05, 3.63) is 60.7 Å². The molecular formula is C18H20N2O3. The summed E-state index contributed by atoms with van der Waals surface area (Å²) < 4.78 is 4.78. The van der Waals surface area contributed by atoms with Gasteiger partial charge >= 0.3 is 5.97 Å². The second-order valence-electron chi connectivity index (χ2n) is 5.14. The predicted molar refractivity (Wildman–Crippen MR) is 89.8 cm³/mol. The van der Waals surface area contributed by atoms with Crippen LogP contribution in [0.25, 0.3) is 10.8 Å². The molecule has 0 aromatic heterocycles. The minimum atomic E-state index is -0.729. The van der Waals surface area contributed by atoms with E-state index in [0.717, 1.165) is 16.3 Å². The molecule has 0 aliphatic heterocycles. The van der Waals surface area contributed by atoms with Crippen LogP contribution in [0.3, 0.4) is 0 Å². The van der Waals surface area contributed by atoms with Crippen LogP contribution in [0.5, 0.6) is 0 Å². The van der Waals surface area contributed by atoms with E-state index in [1.807, 2.05) is 42.5 Å². The first-order valence-corrected chi connectivity index (χ1v) is 7.38. The van der Waals surface area contributed by atoms with Crippen molar-refractivity contribution < 1.29 is 14.3 Å². The summed E-state index contributed by atoms with van der Waals surface area (Å²) in [5.41, 5.74) is 6.95. The van der Waals surface area contributed by atoms with Gasteiger partial charge in [-0.2, -0.15) is 0 Å². The van der Waals surface area contributed by atoms with Crippen LogP contribution in [-0.2, 0) is 20.7 Å². The molecule has 3 N–H and O–H groups in total. The van der Waals surface area contributed by atoms with Crippen LogP contribution in [0.2, 0.25) is 0 Å². The molecule has 0 spiro atoms. The molecule has 2 rings (SSSR count). The summed E-state index contributed by atoms with van der Waals surface area (Å²) in [5.74, 6) is -0.899. The minimum Gasteiger partial charge on any atom is -0.460 e. The number of ether oxygens (including phenoxy) is 1. The van der Waals surface area contributed by atoms with E-state index < -0.39 is 12.0 Å². The van der Waals surface area contributed by atoms with E-state index in [1.54, 1.807) is 0 Å². The molecule has 0 aliphatic rings. The number of nitrogens with one attached hydrogen (secondary N) is 1. The summed E-state index contributed by atoms with van der Waals surface area (Å²) in [6, 6.07) is 13.1. The Hall–Kier alpha value is -2.66. The third-order valence-electron chi connectivity index (χ3n) is 3.43. The maximum Gasteiger partial charge on any atom is 0.325 e. The highest BCUT2D eigenvalue weighted by molar-refractivity contribution is 5.88. The molecule has 2 aromatic carbocycles. The van der Waals surface area contributed by atoms with Gasteiger partial charge in [-0.3, -0.25) is 9.59 Å². The van der Waals surface area contributed by atoms with Crippen molar-refractivity contribution >= 4 is 22.6 Å². The molecule has 1 amide bonds. The first-order valence-electron chi connectivity index (χ1n) is 7.38.